The molecule has 1 amide bonds. The minimum Gasteiger partial charge on any atom is -0.482 e. The third kappa shape index (κ3) is 2.22. The third-order valence-electron chi connectivity index (χ3n) is 2.67. The Hall–Kier alpha value is -2.04. The highest BCUT2D eigenvalue weighted by Gasteiger charge is 2.27. The van der Waals surface area contributed by atoms with Gasteiger partial charge in [-0.05, 0) is 24.1 Å². The zero-order valence-corrected chi connectivity index (χ0v) is 9.47. The molecule has 0 radical (unpaired) electrons. The van der Waals surface area contributed by atoms with E-state index in [0.29, 0.717) is 11.4 Å². The van der Waals surface area contributed by atoms with Crippen molar-refractivity contribution in [3.8, 4) is 5.75 Å². The molecule has 5 nitrogen and oxygen atoms in total. The Morgan fingerprint density at radius 1 is 1.53 bits per heavy atom. The van der Waals surface area contributed by atoms with Gasteiger partial charge in [-0.25, -0.2) is 0 Å². The molecule has 0 saturated carbocycles. The number of ether oxygens (including phenoxy) is 1. The van der Waals surface area contributed by atoms with Crippen LogP contribution in [-0.4, -0.2) is 30.1 Å². The number of aryl methyl sites for hydroxylation is 1. The van der Waals surface area contributed by atoms with Gasteiger partial charge in [0.1, 0.15) is 12.3 Å². The highest BCUT2D eigenvalue weighted by atomic mass is 16.5. The van der Waals surface area contributed by atoms with Gasteiger partial charge in [0, 0.05) is 0 Å². The molecule has 0 fully saturated rings. The molecule has 17 heavy (non-hydrogen) atoms. The van der Waals surface area contributed by atoms with Gasteiger partial charge < -0.3 is 9.84 Å². The number of aliphatic carboxylic acids is 1. The lowest BCUT2D eigenvalue weighted by molar-refractivity contribution is -0.137. The Morgan fingerprint density at radius 3 is 2.94 bits per heavy atom. The molecule has 90 valence electrons. The molecule has 5 heteroatoms. The third-order valence-corrected chi connectivity index (χ3v) is 2.67. The van der Waals surface area contributed by atoms with Gasteiger partial charge in [-0.15, -0.1) is 0 Å². The van der Waals surface area contributed by atoms with E-state index in [2.05, 4.69) is 0 Å². The first-order valence-corrected chi connectivity index (χ1v) is 5.39. The number of rotatable bonds is 3. The fourth-order valence-electron chi connectivity index (χ4n) is 1.78. The summed E-state index contributed by atoms with van der Waals surface area (Å²) in [6, 6.07) is 5.48. The average Bonchev–Trinajstić information content (AvgIpc) is 2.32. The highest BCUT2D eigenvalue weighted by molar-refractivity contribution is 6.01. The molecule has 1 N–H and O–H groups in total. The van der Waals surface area contributed by atoms with Crippen molar-refractivity contribution in [1.82, 2.24) is 0 Å². The second-order valence-corrected chi connectivity index (χ2v) is 3.82. The number of hydrogen-bond acceptors (Lipinski definition) is 3. The number of anilines is 1. The van der Waals surface area contributed by atoms with E-state index in [1.54, 1.807) is 12.1 Å². The first-order valence-electron chi connectivity index (χ1n) is 5.39. The summed E-state index contributed by atoms with van der Waals surface area (Å²) in [5.41, 5.74) is 1.58. The standard InChI is InChI=1S/C12H13NO4/c1-2-8-3-4-10-9(5-8)13(6-12(15)16)11(14)7-17-10/h3-5H,2,6-7H2,1H3,(H,15,16). The van der Waals surface area contributed by atoms with E-state index in [1.165, 1.54) is 4.90 Å². The highest BCUT2D eigenvalue weighted by Crippen LogP contribution is 2.32. The molecule has 2 rings (SSSR count). The quantitative estimate of drug-likeness (QED) is 0.850. The predicted molar refractivity (Wildman–Crippen MR) is 61.3 cm³/mol. The summed E-state index contributed by atoms with van der Waals surface area (Å²) in [5, 5.41) is 8.80. The number of hydrogen-bond donors (Lipinski definition) is 1. The van der Waals surface area contributed by atoms with Gasteiger partial charge in [0.25, 0.3) is 5.91 Å². The lowest BCUT2D eigenvalue weighted by atomic mass is 10.1. The van der Waals surface area contributed by atoms with Gasteiger partial charge in [-0.2, -0.15) is 0 Å². The molecule has 1 aromatic carbocycles. The first kappa shape index (κ1) is 11.4. The zero-order valence-electron chi connectivity index (χ0n) is 9.47. The van der Waals surface area contributed by atoms with Gasteiger partial charge >= 0.3 is 5.97 Å². The Bertz CT molecular complexity index is 470. The van der Waals surface area contributed by atoms with Crippen LogP contribution in [0.1, 0.15) is 12.5 Å². The van der Waals surface area contributed by atoms with Crippen molar-refractivity contribution in [3.05, 3.63) is 23.8 Å². The molecule has 1 aliphatic heterocycles. The second-order valence-electron chi connectivity index (χ2n) is 3.82. The number of carboxylic acid groups (broad SMARTS) is 1. The molecule has 0 bridgehead atoms. The monoisotopic (exact) mass is 235 g/mol. The van der Waals surface area contributed by atoms with Crippen LogP contribution in [0.5, 0.6) is 5.75 Å². The second kappa shape index (κ2) is 4.45. The fourth-order valence-corrected chi connectivity index (χ4v) is 1.78. The van der Waals surface area contributed by atoms with Gasteiger partial charge in [0.15, 0.2) is 6.61 Å². The first-order chi connectivity index (χ1) is 8.11. The summed E-state index contributed by atoms with van der Waals surface area (Å²) in [4.78, 5) is 23.6. The Labute approximate surface area is 98.6 Å². The van der Waals surface area contributed by atoms with Crippen LogP contribution in [0, 0.1) is 0 Å². The van der Waals surface area contributed by atoms with E-state index in [0.717, 1.165) is 12.0 Å². The molecule has 0 aromatic heterocycles. The maximum Gasteiger partial charge on any atom is 0.323 e. The average molecular weight is 235 g/mol. The van der Waals surface area contributed by atoms with E-state index in [9.17, 15) is 9.59 Å². The predicted octanol–water partition coefficient (Wildman–Crippen LogP) is 1.06. The maximum atomic E-state index is 11.6. The molecule has 1 aromatic rings. The number of fused-ring (bicyclic) bond motifs is 1. The molecule has 0 atom stereocenters. The largest absolute Gasteiger partial charge is 0.482 e. The molecule has 0 unspecified atom stereocenters. The summed E-state index contributed by atoms with van der Waals surface area (Å²) in [7, 11) is 0. The Balaban J connectivity index is 2.41. The van der Waals surface area contributed by atoms with Crippen LogP contribution in [-0.2, 0) is 16.0 Å². The lowest BCUT2D eigenvalue weighted by Crippen LogP contribution is -2.42. The van der Waals surface area contributed by atoms with E-state index in [1.807, 2.05) is 13.0 Å². The normalized spacial score (nSPS) is 14.2. The van der Waals surface area contributed by atoms with Crippen LogP contribution in [0.2, 0.25) is 0 Å². The summed E-state index contributed by atoms with van der Waals surface area (Å²) in [6.45, 7) is 1.56. The molecule has 1 aliphatic rings. The van der Waals surface area contributed by atoms with Crippen molar-refractivity contribution in [2.45, 2.75) is 13.3 Å². The summed E-state index contributed by atoms with van der Waals surface area (Å²) in [6.07, 6.45) is 0.822. The number of carboxylic acids is 1. The van der Waals surface area contributed by atoms with Gasteiger partial charge in [-0.3, -0.25) is 14.5 Å². The van der Waals surface area contributed by atoms with Crippen LogP contribution in [0.25, 0.3) is 0 Å². The van der Waals surface area contributed by atoms with E-state index < -0.39 is 5.97 Å². The van der Waals surface area contributed by atoms with Crippen molar-refractivity contribution in [2.75, 3.05) is 18.1 Å². The van der Waals surface area contributed by atoms with Crippen molar-refractivity contribution in [3.63, 3.8) is 0 Å². The number of carbonyl (C=O) groups is 2. The number of amides is 1. The Morgan fingerprint density at radius 2 is 2.29 bits per heavy atom. The topological polar surface area (TPSA) is 66.8 Å². The molecule has 0 aliphatic carbocycles. The fraction of sp³-hybridized carbons (Fsp3) is 0.333. The SMILES string of the molecule is CCc1ccc2c(c1)N(CC(=O)O)C(=O)CO2. The van der Waals surface area contributed by atoms with Crippen LogP contribution < -0.4 is 9.64 Å². The summed E-state index contributed by atoms with van der Waals surface area (Å²) >= 11 is 0. The number of carbonyl (C=O) groups excluding carboxylic acids is 1. The maximum absolute atomic E-state index is 11.6. The van der Waals surface area contributed by atoms with Crippen molar-refractivity contribution < 1.29 is 19.4 Å². The van der Waals surface area contributed by atoms with Crippen molar-refractivity contribution in [2.24, 2.45) is 0 Å². The smallest absolute Gasteiger partial charge is 0.323 e. The van der Waals surface area contributed by atoms with E-state index >= 15 is 0 Å². The van der Waals surface area contributed by atoms with Crippen LogP contribution in [0.3, 0.4) is 0 Å². The van der Waals surface area contributed by atoms with Crippen LogP contribution in [0.15, 0.2) is 18.2 Å². The Kier molecular flexibility index (Phi) is 2.99. The summed E-state index contributed by atoms with van der Waals surface area (Å²) in [5.74, 6) is -0.802. The van der Waals surface area contributed by atoms with Gasteiger partial charge in [0.05, 0.1) is 5.69 Å². The number of nitrogens with zero attached hydrogens (tertiary/aromatic N) is 1. The minimum absolute atomic E-state index is 0.105. The molecular formula is C12H13NO4. The van der Waals surface area contributed by atoms with Crippen LogP contribution in [0.4, 0.5) is 5.69 Å². The van der Waals surface area contributed by atoms with Gasteiger partial charge in [0.2, 0.25) is 0 Å². The zero-order chi connectivity index (χ0) is 12.4. The minimum atomic E-state index is -1.03. The molecule has 0 spiro atoms. The number of benzene rings is 1. The lowest BCUT2D eigenvalue weighted by Gasteiger charge is -2.28. The van der Waals surface area contributed by atoms with E-state index in [4.69, 9.17) is 9.84 Å². The molecule has 0 saturated heterocycles. The molecule has 1 heterocycles. The van der Waals surface area contributed by atoms with E-state index in [-0.39, 0.29) is 19.1 Å². The molecular weight excluding hydrogens is 222 g/mol. The van der Waals surface area contributed by atoms with Crippen LogP contribution >= 0.6 is 0 Å². The van der Waals surface area contributed by atoms with Gasteiger partial charge in [-0.1, -0.05) is 13.0 Å². The van der Waals surface area contributed by atoms with Crippen molar-refractivity contribution >= 4 is 17.6 Å². The van der Waals surface area contributed by atoms with Crippen molar-refractivity contribution in [1.29, 1.82) is 0 Å². The summed E-state index contributed by atoms with van der Waals surface area (Å²) < 4.78 is 5.26.